The van der Waals surface area contributed by atoms with Crippen LogP contribution in [0.2, 0.25) is 0 Å². The van der Waals surface area contributed by atoms with E-state index in [1.54, 1.807) is 4.90 Å². The van der Waals surface area contributed by atoms with Gasteiger partial charge in [0.15, 0.2) is 0 Å². The number of benzene rings is 1. The molecule has 0 bridgehead atoms. The topological polar surface area (TPSA) is 116 Å². The second-order valence-corrected chi connectivity index (χ2v) is 13.7. The Labute approximate surface area is 231 Å². The van der Waals surface area contributed by atoms with E-state index < -0.39 is 52.3 Å². The number of aliphatic carboxylic acids is 1. The Bertz CT molecular complexity index is 1100. The van der Waals surface area contributed by atoms with Gasteiger partial charge in [0, 0.05) is 30.1 Å². The molecule has 214 valence electrons. The highest BCUT2D eigenvalue weighted by atomic mass is 16.6. The molecule has 4 atom stereocenters. The van der Waals surface area contributed by atoms with E-state index in [-0.39, 0.29) is 24.9 Å². The van der Waals surface area contributed by atoms with E-state index in [1.165, 1.54) is 4.90 Å². The van der Waals surface area contributed by atoms with Gasteiger partial charge >= 0.3 is 12.1 Å². The molecule has 4 rings (SSSR count). The van der Waals surface area contributed by atoms with Crippen molar-refractivity contribution in [3.63, 3.8) is 0 Å². The Balaban J connectivity index is 1.70. The maximum absolute atomic E-state index is 14.4. The molecule has 1 unspecified atom stereocenters. The summed E-state index contributed by atoms with van der Waals surface area (Å²) in [6.07, 6.45) is 3.09. The Kier molecular flexibility index (Phi) is 7.76. The summed E-state index contributed by atoms with van der Waals surface area (Å²) in [5, 5.41) is 13.2. The lowest BCUT2D eigenvalue weighted by Crippen LogP contribution is -2.61. The first-order chi connectivity index (χ1) is 18.1. The average Bonchev–Trinajstić information content (AvgIpc) is 3.54. The van der Waals surface area contributed by atoms with E-state index in [0.29, 0.717) is 6.54 Å². The van der Waals surface area contributed by atoms with Crippen LogP contribution < -0.4 is 10.2 Å². The van der Waals surface area contributed by atoms with Crippen molar-refractivity contribution in [1.82, 2.24) is 10.2 Å². The Hall–Kier alpha value is -3.10. The second-order valence-electron chi connectivity index (χ2n) is 13.7. The molecule has 1 aromatic rings. The fourth-order valence-corrected chi connectivity index (χ4v) is 7.02. The molecule has 1 aliphatic carbocycles. The van der Waals surface area contributed by atoms with Crippen molar-refractivity contribution in [3.8, 4) is 0 Å². The van der Waals surface area contributed by atoms with Gasteiger partial charge in [0.2, 0.25) is 11.8 Å². The predicted octanol–water partition coefficient (Wildman–Crippen LogP) is 4.59. The summed E-state index contributed by atoms with van der Waals surface area (Å²) in [4.78, 5) is 56.5. The number of likely N-dealkylation sites (tertiary alicyclic amines) is 1. The highest BCUT2D eigenvalue weighted by molar-refractivity contribution is 5.98. The zero-order valence-electron chi connectivity index (χ0n) is 24.0. The maximum atomic E-state index is 14.4. The van der Waals surface area contributed by atoms with Crippen molar-refractivity contribution in [2.24, 2.45) is 16.2 Å². The van der Waals surface area contributed by atoms with Gasteiger partial charge < -0.3 is 25.0 Å². The Morgan fingerprint density at radius 1 is 1.05 bits per heavy atom. The average molecular weight is 542 g/mol. The minimum Gasteiger partial charge on any atom is -0.480 e. The molecule has 3 amide bonds. The number of anilines is 1. The number of nitrogens with one attached hydrogen (secondary N) is 1. The summed E-state index contributed by atoms with van der Waals surface area (Å²) in [7, 11) is 0. The molecule has 2 aliphatic heterocycles. The smallest absolute Gasteiger partial charge is 0.408 e. The lowest BCUT2D eigenvalue weighted by Gasteiger charge is -2.45. The molecule has 3 aliphatic rings. The van der Waals surface area contributed by atoms with Crippen LogP contribution in [0, 0.1) is 16.2 Å². The molecule has 9 heteroatoms. The van der Waals surface area contributed by atoms with E-state index in [1.807, 2.05) is 71.9 Å². The molecule has 1 spiro atoms. The minimum absolute atomic E-state index is 0.0838. The zero-order valence-corrected chi connectivity index (χ0v) is 24.0. The number of alkyl carbamates (subject to hydrolysis) is 1. The molecule has 9 nitrogen and oxygen atoms in total. The largest absolute Gasteiger partial charge is 0.480 e. The third kappa shape index (κ3) is 5.77. The zero-order chi connectivity index (χ0) is 28.8. The summed E-state index contributed by atoms with van der Waals surface area (Å²) in [5.41, 5.74) is -1.25. The van der Waals surface area contributed by atoms with Crippen LogP contribution in [0.3, 0.4) is 0 Å². The summed E-state index contributed by atoms with van der Waals surface area (Å²) in [6.45, 7) is 11.8. The minimum atomic E-state index is -1.12. The van der Waals surface area contributed by atoms with Crippen LogP contribution in [0.5, 0.6) is 0 Å². The first-order valence-electron chi connectivity index (χ1n) is 14.0. The standard InChI is InChI=1S/C30H43N3O6/c1-28(2,3)23(31-27(38)39-20-14-10-11-15-20)24(35)33-21(25(36)37)16-30(26(33)29(4,5)6)17-22(34)32(18-30)19-12-8-7-9-13-19/h7-9,12-13,20-21,23,26H,10-11,14-18H2,1-6H3,(H,31,38)(H,36,37)/t21-,23+,26?,30+/m0/s1. The van der Waals surface area contributed by atoms with Crippen LogP contribution in [0.1, 0.15) is 80.1 Å². The van der Waals surface area contributed by atoms with Gasteiger partial charge in [-0.3, -0.25) is 9.59 Å². The number of carbonyl (C=O) groups is 4. The fraction of sp³-hybridized carbons (Fsp3) is 0.667. The highest BCUT2D eigenvalue weighted by Gasteiger charge is 2.64. The lowest BCUT2D eigenvalue weighted by molar-refractivity contribution is -0.154. The monoisotopic (exact) mass is 541 g/mol. The molecule has 2 saturated heterocycles. The third-order valence-corrected chi connectivity index (χ3v) is 8.45. The van der Waals surface area contributed by atoms with Gasteiger partial charge in [0.1, 0.15) is 18.2 Å². The SMILES string of the molecule is CC(C)(C)C1N(C(=O)[C@@H](NC(=O)OC2CCCC2)C(C)(C)C)[C@H](C(=O)O)C[C@]12CC(=O)N(c1ccccc1)C2. The van der Waals surface area contributed by atoms with Gasteiger partial charge in [0.05, 0.1) is 0 Å². The number of hydrogen-bond acceptors (Lipinski definition) is 5. The number of amides is 3. The first kappa shape index (κ1) is 28.9. The van der Waals surface area contributed by atoms with Crippen LogP contribution in [0.4, 0.5) is 10.5 Å². The van der Waals surface area contributed by atoms with Gasteiger partial charge in [-0.05, 0) is 55.1 Å². The van der Waals surface area contributed by atoms with Crippen molar-refractivity contribution in [2.45, 2.75) is 104 Å². The first-order valence-corrected chi connectivity index (χ1v) is 14.0. The number of carboxylic acids is 1. The fourth-order valence-electron chi connectivity index (χ4n) is 7.02. The van der Waals surface area contributed by atoms with Gasteiger partial charge in [-0.1, -0.05) is 59.7 Å². The highest BCUT2D eigenvalue weighted by Crippen LogP contribution is 2.54. The van der Waals surface area contributed by atoms with E-state index in [2.05, 4.69) is 5.32 Å². The quantitative estimate of drug-likeness (QED) is 0.563. The van der Waals surface area contributed by atoms with Crippen molar-refractivity contribution < 1.29 is 29.0 Å². The third-order valence-electron chi connectivity index (χ3n) is 8.45. The number of rotatable bonds is 5. The van der Waals surface area contributed by atoms with E-state index in [4.69, 9.17) is 4.74 Å². The summed E-state index contributed by atoms with van der Waals surface area (Å²) in [5.74, 6) is -1.65. The maximum Gasteiger partial charge on any atom is 0.408 e. The normalized spacial score (nSPS) is 26.8. The number of nitrogens with zero attached hydrogens (tertiary/aromatic N) is 2. The van der Waals surface area contributed by atoms with Crippen LogP contribution >= 0.6 is 0 Å². The van der Waals surface area contributed by atoms with Crippen molar-refractivity contribution in [3.05, 3.63) is 30.3 Å². The van der Waals surface area contributed by atoms with Crippen LogP contribution in [0.15, 0.2) is 30.3 Å². The molecule has 2 heterocycles. The molecule has 3 fully saturated rings. The molecule has 1 aromatic carbocycles. The van der Waals surface area contributed by atoms with E-state index in [0.717, 1.165) is 31.4 Å². The number of ether oxygens (including phenoxy) is 1. The van der Waals surface area contributed by atoms with Crippen molar-refractivity contribution in [2.75, 3.05) is 11.4 Å². The number of para-hydroxylation sites is 1. The van der Waals surface area contributed by atoms with Crippen LogP contribution in [0.25, 0.3) is 0 Å². The number of carboxylic acid groups (broad SMARTS) is 1. The van der Waals surface area contributed by atoms with Crippen LogP contribution in [-0.2, 0) is 19.1 Å². The summed E-state index contributed by atoms with van der Waals surface area (Å²) >= 11 is 0. The Morgan fingerprint density at radius 2 is 1.67 bits per heavy atom. The molecule has 0 aromatic heterocycles. The van der Waals surface area contributed by atoms with E-state index >= 15 is 0 Å². The predicted molar refractivity (Wildman–Crippen MR) is 147 cm³/mol. The second kappa shape index (κ2) is 10.5. The van der Waals surface area contributed by atoms with Crippen molar-refractivity contribution >= 4 is 29.6 Å². The van der Waals surface area contributed by atoms with Gasteiger partial charge in [-0.2, -0.15) is 0 Å². The lowest BCUT2D eigenvalue weighted by atomic mass is 9.68. The van der Waals surface area contributed by atoms with Gasteiger partial charge in [-0.15, -0.1) is 0 Å². The number of carbonyl (C=O) groups excluding carboxylic acids is 3. The van der Waals surface area contributed by atoms with Gasteiger partial charge in [-0.25, -0.2) is 9.59 Å². The van der Waals surface area contributed by atoms with Crippen LogP contribution in [-0.4, -0.2) is 64.7 Å². The molecule has 1 saturated carbocycles. The summed E-state index contributed by atoms with van der Waals surface area (Å²) in [6, 6.07) is 6.67. The van der Waals surface area contributed by atoms with Gasteiger partial charge in [0.25, 0.3) is 0 Å². The van der Waals surface area contributed by atoms with Crippen molar-refractivity contribution in [1.29, 1.82) is 0 Å². The molecular formula is C30H43N3O6. The summed E-state index contributed by atoms with van der Waals surface area (Å²) < 4.78 is 5.60. The van der Waals surface area contributed by atoms with E-state index in [9.17, 15) is 24.3 Å². The molecular weight excluding hydrogens is 498 g/mol. The molecule has 2 N–H and O–H groups in total. The number of hydrogen-bond donors (Lipinski definition) is 2. The molecule has 39 heavy (non-hydrogen) atoms. The Morgan fingerprint density at radius 3 is 2.21 bits per heavy atom. The molecule has 0 radical (unpaired) electrons.